The van der Waals surface area contributed by atoms with Crippen molar-refractivity contribution < 1.29 is 14.6 Å². The summed E-state index contributed by atoms with van der Waals surface area (Å²) in [6.45, 7) is 3.01. The number of aromatic nitrogens is 2. The molecular formula is C19H20N2O3. The summed E-state index contributed by atoms with van der Waals surface area (Å²) in [7, 11) is 0. The molecule has 0 amide bonds. The van der Waals surface area contributed by atoms with E-state index in [4.69, 9.17) is 9.47 Å². The first-order chi connectivity index (χ1) is 11.7. The molecular weight excluding hydrogens is 304 g/mol. The second-order valence-corrected chi connectivity index (χ2v) is 6.24. The third-order valence-corrected chi connectivity index (χ3v) is 4.17. The molecule has 1 aromatic heterocycles. The van der Waals surface area contributed by atoms with Gasteiger partial charge in [-0.2, -0.15) is 4.98 Å². The SMILES string of the molecule is CC(O)Cc1ccc(OC[C@@H]2Cn3c(nc4ccccc43)O2)cc1. The Kier molecular flexibility index (Phi) is 3.86. The van der Waals surface area contributed by atoms with Crippen LogP contribution in [0.5, 0.6) is 11.8 Å². The Balaban J connectivity index is 1.37. The highest BCUT2D eigenvalue weighted by molar-refractivity contribution is 5.76. The van der Waals surface area contributed by atoms with Crippen molar-refractivity contribution in [2.45, 2.75) is 32.1 Å². The third kappa shape index (κ3) is 2.95. The molecule has 4 rings (SSSR count). The molecule has 1 aliphatic rings. The molecule has 5 heteroatoms. The van der Waals surface area contributed by atoms with E-state index in [2.05, 4.69) is 15.6 Å². The van der Waals surface area contributed by atoms with Crippen molar-refractivity contribution in [1.29, 1.82) is 0 Å². The summed E-state index contributed by atoms with van der Waals surface area (Å²) < 4.78 is 13.8. The molecule has 5 nitrogen and oxygen atoms in total. The van der Waals surface area contributed by atoms with Crippen molar-refractivity contribution in [2.24, 2.45) is 0 Å². The van der Waals surface area contributed by atoms with Crippen molar-refractivity contribution >= 4 is 11.0 Å². The van der Waals surface area contributed by atoms with Gasteiger partial charge in [0.2, 0.25) is 0 Å². The zero-order valence-corrected chi connectivity index (χ0v) is 13.6. The Morgan fingerprint density at radius 3 is 2.83 bits per heavy atom. The molecule has 0 aliphatic carbocycles. The molecule has 1 aliphatic heterocycles. The number of benzene rings is 2. The number of hydrogen-bond acceptors (Lipinski definition) is 4. The number of para-hydroxylation sites is 2. The highest BCUT2D eigenvalue weighted by atomic mass is 16.6. The summed E-state index contributed by atoms with van der Waals surface area (Å²) in [5.74, 6) is 0.808. The molecule has 2 atom stereocenters. The highest BCUT2D eigenvalue weighted by Gasteiger charge is 2.26. The van der Waals surface area contributed by atoms with Gasteiger partial charge in [0.1, 0.15) is 12.4 Å². The largest absolute Gasteiger partial charge is 0.490 e. The number of nitrogens with zero attached hydrogens (tertiary/aromatic N) is 2. The summed E-state index contributed by atoms with van der Waals surface area (Å²) in [6.07, 6.45) is 0.287. The monoisotopic (exact) mass is 324 g/mol. The van der Waals surface area contributed by atoms with Crippen LogP contribution in [0.15, 0.2) is 48.5 Å². The summed E-state index contributed by atoms with van der Waals surface area (Å²) in [6, 6.07) is 16.5. The zero-order chi connectivity index (χ0) is 16.5. The van der Waals surface area contributed by atoms with Crippen LogP contribution in [0.2, 0.25) is 0 Å². The number of imidazole rings is 1. The minimum Gasteiger partial charge on any atom is -0.490 e. The number of hydrogen-bond donors (Lipinski definition) is 1. The molecule has 1 unspecified atom stereocenters. The second kappa shape index (κ2) is 6.17. The molecule has 0 bridgehead atoms. The Labute approximate surface area is 140 Å². The quantitative estimate of drug-likeness (QED) is 0.784. The van der Waals surface area contributed by atoms with Crippen molar-refractivity contribution in [2.75, 3.05) is 6.61 Å². The van der Waals surface area contributed by atoms with Gasteiger partial charge in [0, 0.05) is 0 Å². The van der Waals surface area contributed by atoms with Crippen LogP contribution in [0.4, 0.5) is 0 Å². The van der Waals surface area contributed by atoms with Gasteiger partial charge >= 0.3 is 0 Å². The van der Waals surface area contributed by atoms with Crippen LogP contribution < -0.4 is 9.47 Å². The molecule has 0 fully saturated rings. The van der Waals surface area contributed by atoms with Crippen molar-refractivity contribution in [3.8, 4) is 11.8 Å². The van der Waals surface area contributed by atoms with Crippen molar-refractivity contribution in [3.05, 3.63) is 54.1 Å². The Morgan fingerprint density at radius 1 is 1.25 bits per heavy atom. The van der Waals surface area contributed by atoms with Crippen LogP contribution in [0.3, 0.4) is 0 Å². The van der Waals surface area contributed by atoms with E-state index in [1.807, 2.05) is 42.5 Å². The molecule has 0 saturated heterocycles. The van der Waals surface area contributed by atoms with Gasteiger partial charge in [-0.1, -0.05) is 24.3 Å². The zero-order valence-electron chi connectivity index (χ0n) is 13.6. The highest BCUT2D eigenvalue weighted by Crippen LogP contribution is 2.27. The van der Waals surface area contributed by atoms with Crippen LogP contribution in [-0.2, 0) is 13.0 Å². The summed E-state index contributed by atoms with van der Waals surface area (Å²) in [4.78, 5) is 4.50. The maximum atomic E-state index is 9.41. The molecule has 24 heavy (non-hydrogen) atoms. The lowest BCUT2D eigenvalue weighted by Gasteiger charge is -2.12. The lowest BCUT2D eigenvalue weighted by atomic mass is 10.1. The van der Waals surface area contributed by atoms with Crippen molar-refractivity contribution in [1.82, 2.24) is 9.55 Å². The number of aliphatic hydroxyl groups excluding tert-OH is 1. The van der Waals surface area contributed by atoms with Crippen LogP contribution in [-0.4, -0.2) is 33.5 Å². The lowest BCUT2D eigenvalue weighted by Crippen LogP contribution is -2.23. The van der Waals surface area contributed by atoms with Gasteiger partial charge in [-0.3, -0.25) is 4.57 Å². The average molecular weight is 324 g/mol. The normalized spacial score (nSPS) is 17.5. The first kappa shape index (κ1) is 15.0. The van der Waals surface area contributed by atoms with E-state index < -0.39 is 0 Å². The predicted octanol–water partition coefficient (Wildman–Crippen LogP) is 2.80. The van der Waals surface area contributed by atoms with Crippen LogP contribution in [0.1, 0.15) is 12.5 Å². The van der Waals surface area contributed by atoms with E-state index in [1.165, 1.54) is 0 Å². The number of aliphatic hydroxyl groups is 1. The summed E-state index contributed by atoms with van der Waals surface area (Å²) in [5, 5.41) is 9.41. The summed E-state index contributed by atoms with van der Waals surface area (Å²) in [5.41, 5.74) is 3.15. The minimum absolute atomic E-state index is 0.0331. The van der Waals surface area contributed by atoms with Crippen LogP contribution in [0.25, 0.3) is 11.0 Å². The Morgan fingerprint density at radius 2 is 2.04 bits per heavy atom. The average Bonchev–Trinajstić information content (AvgIpc) is 3.11. The maximum absolute atomic E-state index is 9.41. The molecule has 0 saturated carbocycles. The fourth-order valence-corrected chi connectivity index (χ4v) is 3.05. The van der Waals surface area contributed by atoms with Gasteiger partial charge in [-0.05, 0) is 43.2 Å². The Hall–Kier alpha value is -2.53. The smallest absolute Gasteiger partial charge is 0.297 e. The lowest BCUT2D eigenvalue weighted by molar-refractivity contribution is 0.144. The van der Waals surface area contributed by atoms with Gasteiger partial charge in [0.05, 0.1) is 23.7 Å². The maximum Gasteiger partial charge on any atom is 0.297 e. The van der Waals surface area contributed by atoms with E-state index >= 15 is 0 Å². The van der Waals surface area contributed by atoms with Crippen molar-refractivity contribution in [3.63, 3.8) is 0 Å². The van der Waals surface area contributed by atoms with Crippen LogP contribution in [0, 0.1) is 0 Å². The molecule has 3 aromatic rings. The first-order valence-corrected chi connectivity index (χ1v) is 8.21. The summed E-state index contributed by atoms with van der Waals surface area (Å²) >= 11 is 0. The van der Waals surface area contributed by atoms with Gasteiger partial charge < -0.3 is 14.6 Å². The van der Waals surface area contributed by atoms with Crippen LogP contribution >= 0.6 is 0 Å². The molecule has 0 spiro atoms. The Bertz CT molecular complexity index is 839. The van der Waals surface area contributed by atoms with E-state index in [-0.39, 0.29) is 12.2 Å². The third-order valence-electron chi connectivity index (χ3n) is 4.17. The molecule has 2 aromatic carbocycles. The van der Waals surface area contributed by atoms with E-state index in [9.17, 15) is 5.11 Å². The number of fused-ring (bicyclic) bond motifs is 3. The molecule has 124 valence electrons. The predicted molar refractivity (Wildman–Crippen MR) is 91.5 cm³/mol. The fraction of sp³-hybridized carbons (Fsp3) is 0.316. The van der Waals surface area contributed by atoms with Gasteiger partial charge in [0.25, 0.3) is 6.01 Å². The molecule has 0 radical (unpaired) electrons. The molecule has 2 heterocycles. The molecule has 1 N–H and O–H groups in total. The van der Waals surface area contributed by atoms with Gasteiger partial charge in [-0.25, -0.2) is 0 Å². The van der Waals surface area contributed by atoms with E-state index in [0.29, 0.717) is 19.0 Å². The topological polar surface area (TPSA) is 56.5 Å². The first-order valence-electron chi connectivity index (χ1n) is 8.21. The standard InChI is InChI=1S/C19H20N2O3/c1-13(22)10-14-6-8-15(9-7-14)23-12-16-11-21-18-5-3-2-4-17(18)20-19(21)24-16/h2-9,13,16,22H,10-12H2,1H3/t13?,16-/m0/s1. The second-order valence-electron chi connectivity index (χ2n) is 6.24. The van der Waals surface area contributed by atoms with E-state index in [1.54, 1.807) is 6.92 Å². The number of ether oxygens (including phenoxy) is 2. The minimum atomic E-state index is -0.333. The van der Waals surface area contributed by atoms with Gasteiger partial charge in [0.15, 0.2) is 6.10 Å². The van der Waals surface area contributed by atoms with Gasteiger partial charge in [-0.15, -0.1) is 0 Å². The van der Waals surface area contributed by atoms with E-state index in [0.717, 1.165) is 28.9 Å². The fourth-order valence-electron chi connectivity index (χ4n) is 3.05. The number of rotatable bonds is 5.